The molecular weight excluding hydrogens is 404 g/mol. The third kappa shape index (κ3) is 5.66. The molecule has 0 saturated carbocycles. The molecule has 0 spiro atoms. The molecule has 0 saturated heterocycles. The quantitative estimate of drug-likeness (QED) is 0.409. The molecule has 0 aromatic heterocycles. The van der Waals surface area contributed by atoms with Crippen LogP contribution in [-0.4, -0.2) is 22.7 Å². The van der Waals surface area contributed by atoms with Gasteiger partial charge >= 0.3 is 0 Å². The van der Waals surface area contributed by atoms with Gasteiger partial charge in [0.15, 0.2) is 22.9 Å². The molecule has 30 heavy (non-hydrogen) atoms. The normalized spacial score (nSPS) is 23.6. The van der Waals surface area contributed by atoms with Crippen molar-refractivity contribution in [2.45, 2.75) is 117 Å². The van der Waals surface area contributed by atoms with E-state index in [0.29, 0.717) is 5.92 Å². The zero-order valence-electron chi connectivity index (χ0n) is 21.6. The number of hydrogen-bond donors (Lipinski definition) is 0. The Morgan fingerprint density at radius 3 is 1.77 bits per heavy atom. The molecule has 0 aliphatic carbocycles. The van der Waals surface area contributed by atoms with Crippen molar-refractivity contribution in [3.8, 4) is 0 Å². The Hall–Kier alpha value is -0.466. The molecule has 1 heterocycles. The molecule has 5 heteroatoms. The van der Waals surface area contributed by atoms with E-state index in [1.165, 1.54) is 5.56 Å². The van der Waals surface area contributed by atoms with Crippen LogP contribution in [0.4, 0.5) is 0 Å². The van der Waals surface area contributed by atoms with Gasteiger partial charge in [-0.1, -0.05) is 79.7 Å². The summed E-state index contributed by atoms with van der Waals surface area (Å²) in [7, 11) is -3.95. The SMILES string of the molecule is CC(C)C[C@@H]1O[C@H](O[Si](C)(C)C(C)(C)C)c2ccccc2[C@@H]1O[Si](C)(C)C(C)(C)C. The van der Waals surface area contributed by atoms with E-state index in [2.05, 4.69) is 106 Å². The van der Waals surface area contributed by atoms with Crippen LogP contribution >= 0.6 is 0 Å². The zero-order chi connectivity index (χ0) is 23.1. The summed E-state index contributed by atoms with van der Waals surface area (Å²) >= 11 is 0. The van der Waals surface area contributed by atoms with Gasteiger partial charge in [0.1, 0.15) is 0 Å². The first kappa shape index (κ1) is 25.8. The monoisotopic (exact) mass is 450 g/mol. The van der Waals surface area contributed by atoms with Crippen LogP contribution in [0.25, 0.3) is 0 Å². The molecule has 1 aromatic rings. The van der Waals surface area contributed by atoms with Gasteiger partial charge < -0.3 is 13.6 Å². The van der Waals surface area contributed by atoms with Crippen LogP contribution in [-0.2, 0) is 13.6 Å². The summed E-state index contributed by atoms with van der Waals surface area (Å²) in [5.41, 5.74) is 2.40. The summed E-state index contributed by atoms with van der Waals surface area (Å²) in [6.07, 6.45) is 0.614. The van der Waals surface area contributed by atoms with Gasteiger partial charge in [-0.25, -0.2) is 0 Å². The standard InChI is InChI=1S/C25H46O3Si2/c1-18(2)17-21-22(27-29(9,10)24(3,4)5)19-15-13-14-16-20(19)23(26-21)28-30(11,12)25(6,7)8/h13-16,18,21-23H,17H2,1-12H3/t21-,22-,23+/m0/s1. The molecule has 0 radical (unpaired) electrons. The summed E-state index contributed by atoms with van der Waals surface area (Å²) < 4.78 is 20.5. The molecule has 0 N–H and O–H groups in total. The lowest BCUT2D eigenvalue weighted by Crippen LogP contribution is -2.48. The summed E-state index contributed by atoms with van der Waals surface area (Å²) in [6, 6.07) is 8.62. The first-order chi connectivity index (χ1) is 13.5. The highest BCUT2D eigenvalue weighted by atomic mass is 28.4. The van der Waals surface area contributed by atoms with Crippen LogP contribution in [0.5, 0.6) is 0 Å². The highest BCUT2D eigenvalue weighted by molar-refractivity contribution is 6.74. The minimum atomic E-state index is -1.99. The van der Waals surface area contributed by atoms with E-state index in [9.17, 15) is 0 Å². The van der Waals surface area contributed by atoms with Gasteiger partial charge in [-0.3, -0.25) is 0 Å². The van der Waals surface area contributed by atoms with Crippen LogP contribution in [0.2, 0.25) is 36.3 Å². The van der Waals surface area contributed by atoms with E-state index in [-0.39, 0.29) is 28.6 Å². The van der Waals surface area contributed by atoms with Crippen molar-refractivity contribution >= 4 is 16.6 Å². The van der Waals surface area contributed by atoms with Crippen LogP contribution in [0, 0.1) is 5.92 Å². The van der Waals surface area contributed by atoms with E-state index in [1.807, 2.05) is 0 Å². The van der Waals surface area contributed by atoms with Gasteiger partial charge in [-0.05, 0) is 54.2 Å². The topological polar surface area (TPSA) is 27.7 Å². The Kier molecular flexibility index (Phi) is 7.58. The lowest BCUT2D eigenvalue weighted by Gasteiger charge is -2.47. The summed E-state index contributed by atoms with van der Waals surface area (Å²) in [5, 5.41) is 0.284. The van der Waals surface area contributed by atoms with Gasteiger partial charge in [0, 0.05) is 5.56 Å². The van der Waals surface area contributed by atoms with Crippen LogP contribution in [0.1, 0.15) is 85.3 Å². The molecule has 3 nitrogen and oxygen atoms in total. The number of hydrogen-bond acceptors (Lipinski definition) is 3. The first-order valence-electron chi connectivity index (χ1n) is 11.6. The maximum Gasteiger partial charge on any atom is 0.195 e. The molecular formula is C25H46O3Si2. The maximum atomic E-state index is 7.00. The van der Waals surface area contributed by atoms with Crippen molar-refractivity contribution in [1.29, 1.82) is 0 Å². The molecule has 0 bridgehead atoms. The number of rotatable bonds is 6. The Morgan fingerprint density at radius 2 is 1.30 bits per heavy atom. The summed E-state index contributed by atoms with van der Waals surface area (Å²) in [5.74, 6) is 0.527. The molecule has 0 unspecified atom stereocenters. The third-order valence-electron chi connectivity index (χ3n) is 7.33. The fourth-order valence-corrected chi connectivity index (χ4v) is 5.64. The van der Waals surface area contributed by atoms with E-state index in [0.717, 1.165) is 12.0 Å². The van der Waals surface area contributed by atoms with E-state index >= 15 is 0 Å². The predicted octanol–water partition coefficient (Wildman–Crippen LogP) is 8.21. The second-order valence-electron chi connectivity index (χ2n) is 12.4. The van der Waals surface area contributed by atoms with E-state index < -0.39 is 16.6 Å². The zero-order valence-corrected chi connectivity index (χ0v) is 23.6. The fourth-order valence-electron chi connectivity index (χ4n) is 3.30. The highest BCUT2D eigenvalue weighted by Crippen LogP contribution is 2.48. The van der Waals surface area contributed by atoms with Crippen LogP contribution in [0.3, 0.4) is 0 Å². The van der Waals surface area contributed by atoms with Crippen molar-refractivity contribution in [1.82, 2.24) is 0 Å². The van der Waals surface area contributed by atoms with Crippen molar-refractivity contribution in [2.24, 2.45) is 5.92 Å². The van der Waals surface area contributed by atoms with Gasteiger partial charge in [-0.15, -0.1) is 0 Å². The lowest BCUT2D eigenvalue weighted by molar-refractivity contribution is -0.178. The second kappa shape index (κ2) is 8.82. The predicted molar refractivity (Wildman–Crippen MR) is 133 cm³/mol. The van der Waals surface area contributed by atoms with Crippen molar-refractivity contribution < 1.29 is 13.6 Å². The van der Waals surface area contributed by atoms with Crippen molar-refractivity contribution in [3.05, 3.63) is 35.4 Å². The third-order valence-corrected chi connectivity index (χ3v) is 16.2. The molecule has 0 amide bonds. The van der Waals surface area contributed by atoms with Gasteiger partial charge in [0.2, 0.25) is 0 Å². The molecule has 1 aromatic carbocycles. The van der Waals surface area contributed by atoms with Crippen molar-refractivity contribution in [2.75, 3.05) is 0 Å². The highest BCUT2D eigenvalue weighted by Gasteiger charge is 2.47. The number of fused-ring (bicyclic) bond motifs is 1. The largest absolute Gasteiger partial charge is 0.407 e. The van der Waals surface area contributed by atoms with Gasteiger partial charge in [-0.2, -0.15) is 0 Å². The van der Waals surface area contributed by atoms with Gasteiger partial charge in [0.25, 0.3) is 0 Å². The Bertz CT molecular complexity index is 714. The van der Waals surface area contributed by atoms with E-state index in [1.54, 1.807) is 0 Å². The summed E-state index contributed by atoms with van der Waals surface area (Å²) in [6.45, 7) is 27.5. The number of ether oxygens (including phenoxy) is 1. The second-order valence-corrected chi connectivity index (χ2v) is 22.0. The van der Waals surface area contributed by atoms with Crippen LogP contribution in [0.15, 0.2) is 24.3 Å². The van der Waals surface area contributed by atoms with Crippen LogP contribution < -0.4 is 0 Å². The maximum absolute atomic E-state index is 7.00. The van der Waals surface area contributed by atoms with Crippen molar-refractivity contribution in [3.63, 3.8) is 0 Å². The molecule has 0 fully saturated rings. The average molecular weight is 451 g/mol. The average Bonchev–Trinajstić information content (AvgIpc) is 2.55. The lowest BCUT2D eigenvalue weighted by atomic mass is 9.91. The Morgan fingerprint density at radius 1 is 0.833 bits per heavy atom. The Balaban J connectivity index is 2.49. The molecule has 3 atom stereocenters. The molecule has 1 aliphatic heterocycles. The Labute approximate surface area is 188 Å². The fraction of sp³-hybridized carbons (Fsp3) is 0.760. The number of benzene rings is 1. The molecule has 172 valence electrons. The minimum Gasteiger partial charge on any atom is -0.407 e. The van der Waals surface area contributed by atoms with Gasteiger partial charge in [0.05, 0.1) is 12.2 Å². The minimum absolute atomic E-state index is 0.00351. The molecule has 1 aliphatic rings. The summed E-state index contributed by atoms with van der Waals surface area (Å²) in [4.78, 5) is 0. The van der Waals surface area contributed by atoms with E-state index in [4.69, 9.17) is 13.6 Å². The smallest absolute Gasteiger partial charge is 0.195 e. The first-order valence-corrected chi connectivity index (χ1v) is 17.4. The molecule has 2 rings (SSSR count).